The molecule has 0 unspecified atom stereocenters. The van der Waals surface area contributed by atoms with Crippen molar-refractivity contribution < 1.29 is 26.3 Å². The van der Waals surface area contributed by atoms with E-state index in [0.717, 1.165) is 99.5 Å². The van der Waals surface area contributed by atoms with Crippen LogP contribution in [0.25, 0.3) is 168 Å². The molecule has 0 aliphatic rings. The molecule has 4 heterocycles. The fourth-order valence-corrected chi connectivity index (χ4v) is 14.0. The Labute approximate surface area is 581 Å². The van der Waals surface area contributed by atoms with Crippen molar-refractivity contribution in [3.8, 4) is 124 Å². The van der Waals surface area contributed by atoms with Crippen LogP contribution >= 0.6 is 0 Å². The summed E-state index contributed by atoms with van der Waals surface area (Å²) in [6, 6.07) is 96.2. The lowest BCUT2D eigenvalue weighted by Gasteiger charge is -2.17. The summed E-state index contributed by atoms with van der Waals surface area (Å²) in [5, 5.41) is 3.49. The third kappa shape index (κ3) is 11.7. The highest BCUT2D eigenvalue weighted by Gasteiger charge is 2.33. The second kappa shape index (κ2) is 25.1. The molecule has 0 saturated carbocycles. The van der Waals surface area contributed by atoms with E-state index in [9.17, 15) is 26.3 Å². The van der Waals surface area contributed by atoms with Gasteiger partial charge in [0.2, 0.25) is 0 Å². The second-order valence-corrected chi connectivity index (χ2v) is 25.5. The van der Waals surface area contributed by atoms with Crippen LogP contribution < -0.4 is 0 Å². The van der Waals surface area contributed by atoms with Crippen molar-refractivity contribution >= 4 is 43.6 Å². The van der Waals surface area contributed by atoms with E-state index in [1.807, 2.05) is 212 Å². The van der Waals surface area contributed by atoms with E-state index < -0.39 is 23.5 Å². The maximum Gasteiger partial charge on any atom is 0.416 e. The first-order valence-corrected chi connectivity index (χ1v) is 33.2. The molecule has 490 valence electrons. The van der Waals surface area contributed by atoms with E-state index in [4.69, 9.17) is 29.9 Å². The molecule has 0 radical (unpaired) electrons. The molecule has 14 heteroatoms. The summed E-state index contributed by atoms with van der Waals surface area (Å²) in [5.74, 6) is 2.71. The number of benzene rings is 13. The summed E-state index contributed by atoms with van der Waals surface area (Å²) in [5.41, 5.74) is 14.7. The van der Waals surface area contributed by atoms with Crippen molar-refractivity contribution in [3.05, 3.63) is 326 Å². The summed E-state index contributed by atoms with van der Waals surface area (Å²) in [7, 11) is 0. The molecule has 13 aromatic carbocycles. The molecule has 0 amide bonds. The predicted octanol–water partition coefficient (Wildman–Crippen LogP) is 23.6. The third-order valence-corrected chi connectivity index (χ3v) is 18.7. The molecule has 4 aromatic heterocycles. The van der Waals surface area contributed by atoms with E-state index in [0.29, 0.717) is 79.5 Å². The van der Waals surface area contributed by atoms with Gasteiger partial charge in [-0.25, -0.2) is 29.9 Å². The topological polar surface area (TPSA) is 87.2 Å². The van der Waals surface area contributed by atoms with Gasteiger partial charge in [-0.1, -0.05) is 212 Å². The summed E-state index contributed by atoms with van der Waals surface area (Å²) >= 11 is 0. The molecule has 0 aliphatic heterocycles. The summed E-state index contributed by atoms with van der Waals surface area (Å²) in [6.45, 7) is 3.36. The number of halogens is 6. The van der Waals surface area contributed by atoms with Crippen LogP contribution in [0.4, 0.5) is 26.3 Å². The number of aromatic nitrogens is 8. The first kappa shape index (κ1) is 62.6. The maximum atomic E-state index is 14.3. The Balaban J connectivity index is 0.864. The first-order chi connectivity index (χ1) is 49.6. The lowest BCUT2D eigenvalue weighted by atomic mass is 9.95. The Hall–Kier alpha value is -12.9. The van der Waals surface area contributed by atoms with Crippen LogP contribution in [0.1, 0.15) is 22.3 Å². The number of hydrogen-bond acceptors (Lipinski definition) is 6. The average molecular weight is 1340 g/mol. The third-order valence-electron chi connectivity index (χ3n) is 18.7. The summed E-state index contributed by atoms with van der Waals surface area (Å²) in [6.07, 6.45) is -9.05. The fraction of sp³-hybridized carbons (Fsp3) is 0.0455. The van der Waals surface area contributed by atoms with Gasteiger partial charge in [0.05, 0.1) is 44.6 Å². The Morgan fingerprint density at radius 2 is 0.520 bits per heavy atom. The monoisotopic (exact) mass is 1340 g/mol. The second-order valence-electron chi connectivity index (χ2n) is 25.5. The van der Waals surface area contributed by atoms with Gasteiger partial charge in [0.1, 0.15) is 0 Å². The predicted molar refractivity (Wildman–Crippen MR) is 396 cm³/mol. The average Bonchev–Trinajstić information content (AvgIpc) is 1.57. The molecule has 0 N–H and O–H groups in total. The van der Waals surface area contributed by atoms with Crippen molar-refractivity contribution in [2.45, 2.75) is 26.2 Å². The molecule has 0 bridgehead atoms. The Morgan fingerprint density at radius 3 is 0.882 bits per heavy atom. The molecule has 17 aromatic rings. The van der Waals surface area contributed by atoms with E-state index in [1.165, 1.54) is 24.3 Å². The molecule has 0 atom stereocenters. The van der Waals surface area contributed by atoms with E-state index in [-0.39, 0.29) is 0 Å². The lowest BCUT2D eigenvalue weighted by molar-refractivity contribution is -0.138. The highest BCUT2D eigenvalue weighted by molar-refractivity contribution is 6.12. The largest absolute Gasteiger partial charge is 0.416 e. The van der Waals surface area contributed by atoms with Crippen molar-refractivity contribution in [1.82, 2.24) is 39.0 Å². The van der Waals surface area contributed by atoms with Gasteiger partial charge < -0.3 is 9.13 Å². The standard InChI is InChI=1S/C88H56F6N8/c1-53-42-65(47-67(44-53)87(89,90)91)63-36-38-77-71(49-63)69-30-15-17-32-75(69)101(77)79-40-34-61(51-73(79)85-97-81(55-20-7-3-8-21-55)95-82(98-85)56-22-9-4-10-23-56)59-28-19-29-60(46-59)62-35-41-80(74(52-62)86-99-83(57-24-11-5-12-25-57)96-84(100-86)58-26-13-6-14-27-58)102-76-33-18-16-31-70(76)72-50-64(37-39-78(72)102)66-43-54(2)45-68(48-66)88(92,93)94/h3-52H,1-2H3. The van der Waals surface area contributed by atoms with Crippen molar-refractivity contribution in [3.63, 3.8) is 0 Å². The number of hydrogen-bond donors (Lipinski definition) is 0. The van der Waals surface area contributed by atoms with Crippen LogP contribution in [0.5, 0.6) is 0 Å². The van der Waals surface area contributed by atoms with Gasteiger partial charge in [-0.3, -0.25) is 0 Å². The van der Waals surface area contributed by atoms with E-state index in [1.54, 1.807) is 26.0 Å². The van der Waals surface area contributed by atoms with Crippen molar-refractivity contribution in [2.24, 2.45) is 0 Å². The van der Waals surface area contributed by atoms with Crippen LogP contribution in [0.2, 0.25) is 0 Å². The van der Waals surface area contributed by atoms with Crippen molar-refractivity contribution in [1.29, 1.82) is 0 Å². The molecule has 0 fully saturated rings. The smallest absolute Gasteiger partial charge is 0.309 e. The fourth-order valence-electron chi connectivity index (χ4n) is 14.0. The molecule has 0 aliphatic carbocycles. The number of fused-ring (bicyclic) bond motifs is 6. The minimum absolute atomic E-state index is 0.409. The molecule has 0 spiro atoms. The molecule has 17 rings (SSSR count). The van der Waals surface area contributed by atoms with Crippen LogP contribution in [-0.4, -0.2) is 39.0 Å². The SMILES string of the molecule is Cc1cc(-c2ccc3c(c2)c2ccccc2n3-c2ccc(-c3cccc(-c4ccc(-n5c6ccccc6c6cc(-c7cc(C)cc(C(F)(F)F)c7)ccc65)c(-c5nc(-c6ccccc6)nc(-c6ccccc6)n5)c4)c3)cc2-c2nc(-c3ccccc3)nc(-c3ccccc3)n2)cc(C(F)(F)F)c1. The lowest BCUT2D eigenvalue weighted by Crippen LogP contribution is -2.05. The van der Waals surface area contributed by atoms with Gasteiger partial charge in [-0.2, -0.15) is 26.3 Å². The minimum atomic E-state index is -4.53. The number of nitrogens with zero attached hydrogens (tertiary/aromatic N) is 8. The van der Waals surface area contributed by atoms with Crippen LogP contribution in [-0.2, 0) is 12.4 Å². The number of rotatable bonds is 12. The van der Waals surface area contributed by atoms with Gasteiger partial charge >= 0.3 is 12.4 Å². The number of aryl methyl sites for hydroxylation is 2. The molecule has 8 nitrogen and oxygen atoms in total. The van der Waals surface area contributed by atoms with Gasteiger partial charge in [0, 0.05) is 54.9 Å². The van der Waals surface area contributed by atoms with Gasteiger partial charge in [0.25, 0.3) is 0 Å². The van der Waals surface area contributed by atoms with E-state index >= 15 is 0 Å². The number of alkyl halides is 6. The highest BCUT2D eigenvalue weighted by atomic mass is 19.4. The summed E-state index contributed by atoms with van der Waals surface area (Å²) < 4.78 is 90.3. The van der Waals surface area contributed by atoms with Gasteiger partial charge in [-0.05, 0) is 160 Å². The molecular formula is C88H56F6N8. The zero-order valence-corrected chi connectivity index (χ0v) is 54.7. The van der Waals surface area contributed by atoms with Gasteiger partial charge in [0.15, 0.2) is 34.9 Å². The first-order valence-electron chi connectivity index (χ1n) is 33.2. The van der Waals surface area contributed by atoms with Crippen LogP contribution in [0.15, 0.2) is 303 Å². The molecule has 0 saturated heterocycles. The van der Waals surface area contributed by atoms with Crippen LogP contribution in [0, 0.1) is 13.8 Å². The van der Waals surface area contributed by atoms with E-state index in [2.05, 4.69) is 63.7 Å². The Kier molecular flexibility index (Phi) is 15.4. The molecular weight excluding hydrogens is 1280 g/mol. The zero-order chi connectivity index (χ0) is 69.4. The Bertz CT molecular complexity index is 5640. The quantitative estimate of drug-likeness (QED) is 0.113. The maximum absolute atomic E-state index is 14.3. The van der Waals surface area contributed by atoms with Crippen molar-refractivity contribution in [2.75, 3.05) is 0 Å². The van der Waals surface area contributed by atoms with Crippen LogP contribution in [0.3, 0.4) is 0 Å². The number of para-hydroxylation sites is 2. The normalized spacial score (nSPS) is 11.9. The Morgan fingerprint density at radius 1 is 0.225 bits per heavy atom. The zero-order valence-electron chi connectivity index (χ0n) is 54.7. The molecule has 102 heavy (non-hydrogen) atoms. The highest BCUT2D eigenvalue weighted by Crippen LogP contribution is 2.45. The summed E-state index contributed by atoms with van der Waals surface area (Å²) in [4.78, 5) is 31.5. The minimum Gasteiger partial charge on any atom is -0.309 e. The van der Waals surface area contributed by atoms with Gasteiger partial charge in [-0.15, -0.1) is 0 Å².